The van der Waals surface area contributed by atoms with Gasteiger partial charge in [0.2, 0.25) is 10.0 Å². The van der Waals surface area contributed by atoms with Crippen LogP contribution in [0.1, 0.15) is 30.1 Å². The number of anilines is 2. The first-order valence-corrected chi connectivity index (χ1v) is 10.5. The van der Waals surface area contributed by atoms with Crippen LogP contribution in [0, 0.1) is 12.7 Å². The van der Waals surface area contributed by atoms with Crippen LogP contribution in [0.5, 0.6) is 0 Å². The summed E-state index contributed by atoms with van der Waals surface area (Å²) in [6.45, 7) is 1.93. The van der Waals surface area contributed by atoms with Crippen LogP contribution >= 0.6 is 0 Å². The first-order chi connectivity index (χ1) is 13.9. The van der Waals surface area contributed by atoms with Gasteiger partial charge < -0.3 is 5.32 Å². The molecule has 0 saturated carbocycles. The van der Waals surface area contributed by atoms with Gasteiger partial charge in [0.15, 0.2) is 0 Å². The van der Waals surface area contributed by atoms with Gasteiger partial charge >= 0.3 is 0 Å². The van der Waals surface area contributed by atoms with Crippen LogP contribution in [0.3, 0.4) is 0 Å². The minimum Gasteiger partial charge on any atom is -0.322 e. The van der Waals surface area contributed by atoms with Gasteiger partial charge in [0.1, 0.15) is 17.5 Å². The molecule has 1 aliphatic heterocycles. The van der Waals surface area contributed by atoms with Gasteiger partial charge in [-0.3, -0.25) is 9.97 Å². The number of aryl methyl sites for hydroxylation is 1. The molecule has 1 aromatic carbocycles. The average Bonchev–Trinajstić information content (AvgIpc) is 3.22. The number of aromatic nitrogens is 4. The van der Waals surface area contributed by atoms with E-state index >= 15 is 0 Å². The molecule has 0 radical (unpaired) electrons. The van der Waals surface area contributed by atoms with Crippen molar-refractivity contribution in [2.45, 2.75) is 30.7 Å². The van der Waals surface area contributed by atoms with Crippen molar-refractivity contribution in [1.29, 1.82) is 0 Å². The van der Waals surface area contributed by atoms with Gasteiger partial charge in [-0.2, -0.15) is 4.31 Å². The van der Waals surface area contributed by atoms with Crippen molar-refractivity contribution < 1.29 is 12.8 Å². The first-order valence-electron chi connectivity index (χ1n) is 9.08. The van der Waals surface area contributed by atoms with Crippen molar-refractivity contribution in [3.8, 4) is 0 Å². The fourth-order valence-corrected chi connectivity index (χ4v) is 4.97. The van der Waals surface area contributed by atoms with Crippen LogP contribution in [0.2, 0.25) is 0 Å². The quantitative estimate of drug-likeness (QED) is 0.685. The van der Waals surface area contributed by atoms with E-state index in [1.807, 2.05) is 0 Å². The van der Waals surface area contributed by atoms with E-state index in [4.69, 9.17) is 0 Å². The monoisotopic (exact) mass is 414 g/mol. The number of sulfonamides is 1. The van der Waals surface area contributed by atoms with Crippen LogP contribution in [0.4, 0.5) is 16.0 Å². The van der Waals surface area contributed by atoms with E-state index in [1.54, 1.807) is 31.7 Å². The highest BCUT2D eigenvalue weighted by Crippen LogP contribution is 2.36. The lowest BCUT2D eigenvalue weighted by Crippen LogP contribution is -2.31. The number of nitrogens with zero attached hydrogens (tertiary/aromatic N) is 5. The smallest absolute Gasteiger partial charge is 0.243 e. The van der Waals surface area contributed by atoms with E-state index in [9.17, 15) is 12.8 Å². The number of benzene rings is 1. The number of nitrogens with one attached hydrogen (secondary N) is 1. The number of hydrogen-bond acceptors (Lipinski definition) is 7. The Labute approximate surface area is 167 Å². The highest BCUT2D eigenvalue weighted by atomic mass is 32.2. The maximum Gasteiger partial charge on any atom is 0.243 e. The van der Waals surface area contributed by atoms with E-state index in [0.717, 1.165) is 6.07 Å². The second-order valence-corrected chi connectivity index (χ2v) is 8.62. The Bertz CT molecular complexity index is 1130. The molecule has 0 amide bonds. The van der Waals surface area contributed by atoms with Gasteiger partial charge in [-0.25, -0.2) is 22.8 Å². The maximum absolute atomic E-state index is 14.0. The molecule has 1 atom stereocenters. The molecular formula is C19H19FN6O2S. The summed E-state index contributed by atoms with van der Waals surface area (Å²) in [5.41, 5.74) is 0.920. The summed E-state index contributed by atoms with van der Waals surface area (Å²) in [4.78, 5) is 16.8. The summed E-state index contributed by atoms with van der Waals surface area (Å²) < 4.78 is 41.6. The molecule has 1 N–H and O–H groups in total. The molecule has 0 bridgehead atoms. The predicted molar refractivity (Wildman–Crippen MR) is 104 cm³/mol. The van der Waals surface area contributed by atoms with Crippen LogP contribution in [-0.2, 0) is 10.0 Å². The highest BCUT2D eigenvalue weighted by molar-refractivity contribution is 7.89. The van der Waals surface area contributed by atoms with Gasteiger partial charge in [0.05, 0.1) is 35.2 Å². The van der Waals surface area contributed by atoms with E-state index in [-0.39, 0.29) is 4.90 Å². The van der Waals surface area contributed by atoms with E-state index in [2.05, 4.69) is 25.3 Å². The van der Waals surface area contributed by atoms with Gasteiger partial charge in [-0.15, -0.1) is 0 Å². The molecule has 1 fully saturated rings. The van der Waals surface area contributed by atoms with Gasteiger partial charge in [0.25, 0.3) is 0 Å². The Kier molecular flexibility index (Phi) is 5.20. The summed E-state index contributed by atoms with van der Waals surface area (Å²) in [7, 11) is -3.86. The fourth-order valence-electron chi connectivity index (χ4n) is 3.29. The molecule has 4 rings (SSSR count). The number of hydrogen-bond donors (Lipinski definition) is 1. The largest absolute Gasteiger partial charge is 0.322 e. The van der Waals surface area contributed by atoms with E-state index in [1.165, 1.54) is 22.6 Å². The molecule has 10 heteroatoms. The summed E-state index contributed by atoms with van der Waals surface area (Å²) in [5, 5.41) is 3.00. The second kappa shape index (κ2) is 7.80. The second-order valence-electron chi connectivity index (χ2n) is 6.73. The van der Waals surface area contributed by atoms with Crippen LogP contribution in [0.25, 0.3) is 0 Å². The van der Waals surface area contributed by atoms with Crippen LogP contribution < -0.4 is 5.32 Å². The van der Waals surface area contributed by atoms with Crippen molar-refractivity contribution in [2.75, 3.05) is 11.9 Å². The third kappa shape index (κ3) is 3.94. The third-order valence-corrected chi connectivity index (χ3v) is 6.67. The fraction of sp³-hybridized carbons (Fsp3) is 0.263. The number of halogens is 1. The summed E-state index contributed by atoms with van der Waals surface area (Å²) in [6, 6.07) is 3.50. The standard InChI is InChI=1S/C19H19FN6O2S/c1-13-4-5-14(9-15(13)20)29(27,28)26-8-2-3-17(26)16-10-22-12-19(24-16)25-18-11-21-6-7-23-18/h4-7,9-12,17H,2-3,8H2,1H3,(H,23,24,25)/t17-/m0/s1. The Morgan fingerprint density at radius 3 is 2.72 bits per heavy atom. The lowest BCUT2D eigenvalue weighted by atomic mass is 10.2. The Balaban J connectivity index is 1.63. The third-order valence-electron chi connectivity index (χ3n) is 4.77. The molecule has 2 aromatic heterocycles. The zero-order valence-electron chi connectivity index (χ0n) is 15.7. The molecule has 150 valence electrons. The molecular weight excluding hydrogens is 395 g/mol. The molecule has 1 aliphatic rings. The van der Waals surface area contributed by atoms with E-state index < -0.39 is 21.9 Å². The van der Waals surface area contributed by atoms with Gasteiger partial charge in [0, 0.05) is 18.9 Å². The molecule has 0 spiro atoms. The SMILES string of the molecule is Cc1ccc(S(=O)(=O)N2CCC[C@H]2c2cncc(Nc3cnccn3)n2)cc1F. The van der Waals surface area contributed by atoms with Gasteiger partial charge in [-0.1, -0.05) is 6.07 Å². The minimum absolute atomic E-state index is 0.0608. The normalized spacial score (nSPS) is 17.4. The van der Waals surface area contributed by atoms with Crippen LogP contribution in [-0.4, -0.2) is 39.2 Å². The summed E-state index contributed by atoms with van der Waals surface area (Å²) in [5.74, 6) is 0.399. The Morgan fingerprint density at radius 2 is 1.97 bits per heavy atom. The van der Waals surface area contributed by atoms with Crippen molar-refractivity contribution in [2.24, 2.45) is 0 Å². The molecule has 3 aromatic rings. The van der Waals surface area contributed by atoms with E-state index in [0.29, 0.717) is 42.3 Å². The molecule has 0 aliphatic carbocycles. The maximum atomic E-state index is 14.0. The lowest BCUT2D eigenvalue weighted by molar-refractivity contribution is 0.389. The van der Waals surface area contributed by atoms with Crippen molar-refractivity contribution >= 4 is 21.7 Å². The first kappa shape index (κ1) is 19.3. The van der Waals surface area contributed by atoms with Gasteiger partial charge in [-0.05, 0) is 37.5 Å². The zero-order valence-corrected chi connectivity index (χ0v) is 16.5. The molecule has 29 heavy (non-hydrogen) atoms. The Hall–Kier alpha value is -2.98. The topological polar surface area (TPSA) is 101 Å². The highest BCUT2D eigenvalue weighted by Gasteiger charge is 2.37. The van der Waals surface area contributed by atoms with Crippen molar-refractivity contribution in [3.63, 3.8) is 0 Å². The average molecular weight is 414 g/mol. The summed E-state index contributed by atoms with van der Waals surface area (Å²) in [6.07, 6.45) is 9.02. The van der Waals surface area contributed by atoms with Crippen molar-refractivity contribution in [3.05, 3.63) is 66.3 Å². The van der Waals surface area contributed by atoms with Crippen LogP contribution in [0.15, 0.2) is 54.1 Å². The van der Waals surface area contributed by atoms with Crippen molar-refractivity contribution in [1.82, 2.24) is 24.2 Å². The minimum atomic E-state index is -3.86. The lowest BCUT2D eigenvalue weighted by Gasteiger charge is -2.24. The molecule has 8 nitrogen and oxygen atoms in total. The Morgan fingerprint density at radius 1 is 1.14 bits per heavy atom. The molecule has 0 unspecified atom stereocenters. The predicted octanol–water partition coefficient (Wildman–Crippen LogP) is 2.98. The summed E-state index contributed by atoms with van der Waals surface area (Å²) >= 11 is 0. The molecule has 1 saturated heterocycles. The molecule has 3 heterocycles. The number of rotatable bonds is 5. The zero-order chi connectivity index (χ0) is 20.4.